The average molecular weight is 342 g/mol. The number of urea groups is 1. The summed E-state index contributed by atoms with van der Waals surface area (Å²) >= 11 is 0. The van der Waals surface area contributed by atoms with Gasteiger partial charge in [0, 0.05) is 31.8 Å². The third-order valence-corrected chi connectivity index (χ3v) is 4.72. The van der Waals surface area contributed by atoms with Crippen molar-refractivity contribution in [1.29, 1.82) is 0 Å². The molecule has 2 amide bonds. The van der Waals surface area contributed by atoms with E-state index in [2.05, 4.69) is 22.3 Å². The van der Waals surface area contributed by atoms with Crippen LogP contribution in [0.1, 0.15) is 19.0 Å². The first-order valence-electron chi connectivity index (χ1n) is 8.88. The number of aromatic nitrogens is 1. The lowest BCUT2D eigenvalue weighted by Crippen LogP contribution is -2.39. The highest BCUT2D eigenvalue weighted by molar-refractivity contribution is 5.73. The number of likely N-dealkylation sites (tertiary alicyclic amines) is 1. The number of benzene rings is 1. The lowest BCUT2D eigenvalue weighted by atomic mass is 10.1. The van der Waals surface area contributed by atoms with E-state index in [-0.39, 0.29) is 6.03 Å². The predicted octanol–water partition coefficient (Wildman–Crippen LogP) is 2.82. The maximum Gasteiger partial charge on any atom is 0.317 e. The van der Waals surface area contributed by atoms with Crippen LogP contribution in [0.15, 0.2) is 40.9 Å². The van der Waals surface area contributed by atoms with Crippen LogP contribution in [0.5, 0.6) is 0 Å². The van der Waals surface area contributed by atoms with Crippen molar-refractivity contribution < 1.29 is 9.32 Å². The molecule has 2 aromatic rings. The molecule has 0 spiro atoms. The van der Waals surface area contributed by atoms with E-state index in [1.807, 2.05) is 36.4 Å². The highest BCUT2D eigenvalue weighted by atomic mass is 16.5. The topological polar surface area (TPSA) is 61.6 Å². The Labute approximate surface area is 148 Å². The van der Waals surface area contributed by atoms with Crippen molar-refractivity contribution in [2.24, 2.45) is 5.92 Å². The largest absolute Gasteiger partial charge is 0.356 e. The average Bonchev–Trinajstić information content (AvgIpc) is 3.29. The second-order valence-electron chi connectivity index (χ2n) is 6.64. The lowest BCUT2D eigenvalue weighted by Gasteiger charge is -2.18. The lowest BCUT2D eigenvalue weighted by molar-refractivity contribution is 0.203. The van der Waals surface area contributed by atoms with Crippen LogP contribution < -0.4 is 5.32 Å². The molecule has 0 bridgehead atoms. The van der Waals surface area contributed by atoms with Crippen molar-refractivity contribution in [2.75, 3.05) is 33.2 Å². The van der Waals surface area contributed by atoms with E-state index in [1.54, 1.807) is 11.9 Å². The Balaban J connectivity index is 1.48. The first-order valence-corrected chi connectivity index (χ1v) is 8.88. The standard InChI is InChI=1S/C19H26N4O2/c1-3-23-10-9-15(13-23)12-20-19(24)22(2)14-17-11-18(25-21-17)16-7-5-4-6-8-16/h4-8,11,15H,3,9-10,12-14H2,1-2H3,(H,20,24). The molecule has 0 radical (unpaired) electrons. The molecule has 1 aliphatic heterocycles. The monoisotopic (exact) mass is 342 g/mol. The Kier molecular flexibility index (Phi) is 5.71. The van der Waals surface area contributed by atoms with E-state index < -0.39 is 0 Å². The van der Waals surface area contributed by atoms with Gasteiger partial charge in [-0.05, 0) is 25.4 Å². The summed E-state index contributed by atoms with van der Waals surface area (Å²) in [6, 6.07) is 11.6. The van der Waals surface area contributed by atoms with Crippen LogP contribution in [0.3, 0.4) is 0 Å². The molecule has 0 aliphatic carbocycles. The maximum absolute atomic E-state index is 12.3. The quantitative estimate of drug-likeness (QED) is 0.877. The molecule has 2 heterocycles. The molecule has 6 heteroatoms. The minimum atomic E-state index is -0.0702. The zero-order chi connectivity index (χ0) is 17.6. The van der Waals surface area contributed by atoms with Gasteiger partial charge in [0.05, 0.1) is 6.54 Å². The SMILES string of the molecule is CCN1CCC(CNC(=O)N(C)Cc2cc(-c3ccccc3)on2)C1. The van der Waals surface area contributed by atoms with Crippen molar-refractivity contribution in [2.45, 2.75) is 19.9 Å². The number of hydrogen-bond donors (Lipinski definition) is 1. The molecule has 1 atom stereocenters. The molecule has 1 aromatic heterocycles. The molecular formula is C19H26N4O2. The number of rotatable bonds is 6. The Morgan fingerprint density at radius 2 is 2.20 bits per heavy atom. The highest BCUT2D eigenvalue weighted by Crippen LogP contribution is 2.20. The normalized spacial score (nSPS) is 17.6. The van der Waals surface area contributed by atoms with E-state index in [1.165, 1.54) is 0 Å². The number of carbonyl (C=O) groups is 1. The second-order valence-corrected chi connectivity index (χ2v) is 6.64. The molecule has 1 saturated heterocycles. The number of amides is 2. The van der Waals surface area contributed by atoms with E-state index >= 15 is 0 Å². The fourth-order valence-corrected chi connectivity index (χ4v) is 3.17. The molecule has 134 valence electrons. The molecule has 1 unspecified atom stereocenters. The fraction of sp³-hybridized carbons (Fsp3) is 0.474. The molecular weight excluding hydrogens is 316 g/mol. The minimum Gasteiger partial charge on any atom is -0.356 e. The van der Waals surface area contributed by atoms with Crippen LogP contribution in [0.2, 0.25) is 0 Å². The van der Waals surface area contributed by atoms with E-state index in [0.29, 0.717) is 12.5 Å². The Bertz CT molecular complexity index is 686. The summed E-state index contributed by atoms with van der Waals surface area (Å²) in [5, 5.41) is 7.10. The molecule has 3 rings (SSSR count). The second kappa shape index (κ2) is 8.16. The summed E-state index contributed by atoms with van der Waals surface area (Å²) in [4.78, 5) is 16.3. The van der Waals surface area contributed by atoms with Gasteiger partial charge in [0.2, 0.25) is 0 Å². The summed E-state index contributed by atoms with van der Waals surface area (Å²) in [6.07, 6.45) is 1.15. The van der Waals surface area contributed by atoms with Gasteiger partial charge in [-0.2, -0.15) is 0 Å². The molecule has 1 aliphatic rings. The smallest absolute Gasteiger partial charge is 0.317 e. The Hall–Kier alpha value is -2.34. The van der Waals surface area contributed by atoms with Crippen LogP contribution in [-0.4, -0.2) is 54.2 Å². The summed E-state index contributed by atoms with van der Waals surface area (Å²) < 4.78 is 5.38. The van der Waals surface area contributed by atoms with Crippen LogP contribution in [0.4, 0.5) is 4.79 Å². The van der Waals surface area contributed by atoms with Crippen molar-refractivity contribution in [3.63, 3.8) is 0 Å². The van der Waals surface area contributed by atoms with Gasteiger partial charge in [0.1, 0.15) is 5.69 Å². The first-order chi connectivity index (χ1) is 12.2. The molecule has 25 heavy (non-hydrogen) atoms. The maximum atomic E-state index is 12.3. The van der Waals surface area contributed by atoms with Crippen molar-refractivity contribution in [3.05, 3.63) is 42.1 Å². The van der Waals surface area contributed by atoms with E-state index in [9.17, 15) is 4.79 Å². The number of nitrogens with one attached hydrogen (secondary N) is 1. The molecule has 1 aromatic carbocycles. The number of hydrogen-bond acceptors (Lipinski definition) is 4. The highest BCUT2D eigenvalue weighted by Gasteiger charge is 2.22. The van der Waals surface area contributed by atoms with Crippen molar-refractivity contribution >= 4 is 6.03 Å². The molecule has 0 saturated carbocycles. The third-order valence-electron chi connectivity index (χ3n) is 4.72. The van der Waals surface area contributed by atoms with Gasteiger partial charge < -0.3 is 19.6 Å². The van der Waals surface area contributed by atoms with Crippen LogP contribution >= 0.6 is 0 Å². The van der Waals surface area contributed by atoms with E-state index in [4.69, 9.17) is 4.52 Å². The van der Waals surface area contributed by atoms with Gasteiger partial charge in [0.25, 0.3) is 0 Å². The third kappa shape index (κ3) is 4.60. The summed E-state index contributed by atoms with van der Waals surface area (Å²) in [7, 11) is 1.78. The molecule has 6 nitrogen and oxygen atoms in total. The van der Waals surface area contributed by atoms with Crippen molar-refractivity contribution in [3.8, 4) is 11.3 Å². The van der Waals surface area contributed by atoms with Gasteiger partial charge in [-0.1, -0.05) is 42.4 Å². The number of nitrogens with zero attached hydrogens (tertiary/aromatic N) is 3. The van der Waals surface area contributed by atoms with E-state index in [0.717, 1.165) is 49.6 Å². The van der Waals surface area contributed by atoms with Gasteiger partial charge >= 0.3 is 6.03 Å². The van der Waals surface area contributed by atoms with Crippen LogP contribution in [-0.2, 0) is 6.54 Å². The predicted molar refractivity (Wildman–Crippen MR) is 97.0 cm³/mol. The first kappa shape index (κ1) is 17.5. The minimum absolute atomic E-state index is 0.0702. The summed E-state index contributed by atoms with van der Waals surface area (Å²) in [5.74, 6) is 1.27. The number of carbonyl (C=O) groups excluding carboxylic acids is 1. The van der Waals surface area contributed by atoms with Crippen molar-refractivity contribution in [1.82, 2.24) is 20.3 Å². The van der Waals surface area contributed by atoms with Gasteiger partial charge in [-0.3, -0.25) is 0 Å². The van der Waals surface area contributed by atoms with Gasteiger partial charge in [-0.15, -0.1) is 0 Å². The van der Waals surface area contributed by atoms with Gasteiger partial charge in [0.15, 0.2) is 5.76 Å². The van der Waals surface area contributed by atoms with Crippen LogP contribution in [0, 0.1) is 5.92 Å². The summed E-state index contributed by atoms with van der Waals surface area (Å²) in [5.41, 5.74) is 1.73. The zero-order valence-electron chi connectivity index (χ0n) is 14.9. The Morgan fingerprint density at radius 1 is 1.40 bits per heavy atom. The van der Waals surface area contributed by atoms with Crippen LogP contribution in [0.25, 0.3) is 11.3 Å². The molecule has 1 fully saturated rings. The summed E-state index contributed by atoms with van der Waals surface area (Å²) in [6.45, 7) is 6.62. The molecule has 1 N–H and O–H groups in total. The Morgan fingerprint density at radius 3 is 2.92 bits per heavy atom. The zero-order valence-corrected chi connectivity index (χ0v) is 14.9. The fourth-order valence-electron chi connectivity index (χ4n) is 3.17. The van der Waals surface area contributed by atoms with Gasteiger partial charge in [-0.25, -0.2) is 4.79 Å².